The van der Waals surface area contributed by atoms with Crippen LogP contribution in [0.15, 0.2) is 18.3 Å². The standard InChI is InChI=1S/C16H28N4O/c1-12(2)20(13(3)4)10-9-17-15-8-7-14(11-18-15)16(21)19(5)6/h7-8,11-13H,9-10H2,1-6H3,(H,17,18). The molecule has 0 atom stereocenters. The van der Waals surface area contributed by atoms with Gasteiger partial charge in [-0.3, -0.25) is 9.69 Å². The van der Waals surface area contributed by atoms with E-state index in [4.69, 9.17) is 0 Å². The molecule has 0 bridgehead atoms. The first-order chi connectivity index (χ1) is 9.82. The van der Waals surface area contributed by atoms with Crippen LogP contribution >= 0.6 is 0 Å². The first-order valence-electron chi connectivity index (χ1n) is 7.50. The fourth-order valence-electron chi connectivity index (χ4n) is 2.31. The molecule has 0 aromatic carbocycles. The molecule has 0 fully saturated rings. The quantitative estimate of drug-likeness (QED) is 0.838. The Bertz CT molecular complexity index is 432. The molecule has 0 aliphatic carbocycles. The van der Waals surface area contributed by atoms with Crippen LogP contribution in [0.5, 0.6) is 0 Å². The summed E-state index contributed by atoms with van der Waals surface area (Å²) in [5.41, 5.74) is 0.608. The molecular formula is C16H28N4O. The van der Waals surface area contributed by atoms with Gasteiger partial charge in [-0.25, -0.2) is 4.98 Å². The largest absolute Gasteiger partial charge is 0.369 e. The summed E-state index contributed by atoms with van der Waals surface area (Å²) >= 11 is 0. The van der Waals surface area contributed by atoms with Gasteiger partial charge in [0.2, 0.25) is 0 Å². The highest BCUT2D eigenvalue weighted by molar-refractivity contribution is 5.93. The number of hydrogen-bond donors (Lipinski definition) is 1. The van der Waals surface area contributed by atoms with Crippen molar-refractivity contribution < 1.29 is 4.79 Å². The van der Waals surface area contributed by atoms with E-state index in [1.165, 1.54) is 0 Å². The molecule has 21 heavy (non-hydrogen) atoms. The summed E-state index contributed by atoms with van der Waals surface area (Å²) < 4.78 is 0. The van der Waals surface area contributed by atoms with Crippen LogP contribution in [-0.4, -0.2) is 60.0 Å². The molecule has 1 rings (SSSR count). The van der Waals surface area contributed by atoms with Gasteiger partial charge in [-0.15, -0.1) is 0 Å². The van der Waals surface area contributed by atoms with E-state index >= 15 is 0 Å². The van der Waals surface area contributed by atoms with Gasteiger partial charge < -0.3 is 10.2 Å². The average molecular weight is 292 g/mol. The van der Waals surface area contributed by atoms with E-state index in [2.05, 4.69) is 42.9 Å². The molecular weight excluding hydrogens is 264 g/mol. The average Bonchev–Trinajstić information content (AvgIpc) is 2.42. The molecule has 0 unspecified atom stereocenters. The fourth-order valence-corrected chi connectivity index (χ4v) is 2.31. The van der Waals surface area contributed by atoms with E-state index in [1.54, 1.807) is 31.3 Å². The fraction of sp³-hybridized carbons (Fsp3) is 0.625. The third-order valence-corrected chi connectivity index (χ3v) is 3.42. The van der Waals surface area contributed by atoms with Crippen molar-refractivity contribution in [2.45, 2.75) is 39.8 Å². The highest BCUT2D eigenvalue weighted by atomic mass is 16.2. The van der Waals surface area contributed by atoms with Crippen molar-refractivity contribution >= 4 is 11.7 Å². The Morgan fingerprint density at radius 3 is 2.24 bits per heavy atom. The molecule has 5 nitrogen and oxygen atoms in total. The van der Waals surface area contributed by atoms with Gasteiger partial charge in [0.25, 0.3) is 5.91 Å². The zero-order valence-electron chi connectivity index (χ0n) is 14.1. The predicted octanol–water partition coefficient (Wildman–Crippen LogP) is 2.31. The summed E-state index contributed by atoms with van der Waals surface area (Å²) in [7, 11) is 3.47. The van der Waals surface area contributed by atoms with Gasteiger partial charge in [0.05, 0.1) is 5.56 Å². The molecule has 0 saturated heterocycles. The van der Waals surface area contributed by atoms with Crippen molar-refractivity contribution in [1.29, 1.82) is 0 Å². The van der Waals surface area contributed by atoms with E-state index in [0.29, 0.717) is 17.6 Å². The topological polar surface area (TPSA) is 48.5 Å². The third kappa shape index (κ3) is 5.34. The molecule has 5 heteroatoms. The Kier molecular flexibility index (Phi) is 6.62. The first-order valence-corrected chi connectivity index (χ1v) is 7.50. The van der Waals surface area contributed by atoms with Gasteiger partial charge in [-0.2, -0.15) is 0 Å². The van der Waals surface area contributed by atoms with Crippen LogP contribution in [0, 0.1) is 0 Å². The van der Waals surface area contributed by atoms with Crippen LogP contribution in [0.2, 0.25) is 0 Å². The number of hydrogen-bond acceptors (Lipinski definition) is 4. The zero-order chi connectivity index (χ0) is 16.0. The van der Waals surface area contributed by atoms with Crippen molar-refractivity contribution in [3.05, 3.63) is 23.9 Å². The highest BCUT2D eigenvalue weighted by Gasteiger charge is 2.12. The molecule has 0 aliphatic rings. The summed E-state index contributed by atoms with van der Waals surface area (Å²) in [6, 6.07) is 4.71. The first kappa shape index (κ1) is 17.4. The molecule has 0 radical (unpaired) electrons. The Labute approximate surface area is 128 Å². The number of aromatic nitrogens is 1. The van der Waals surface area contributed by atoms with Crippen molar-refractivity contribution in [1.82, 2.24) is 14.8 Å². The molecule has 1 N–H and O–H groups in total. The van der Waals surface area contributed by atoms with Crippen molar-refractivity contribution in [3.8, 4) is 0 Å². The van der Waals surface area contributed by atoms with Gasteiger partial charge in [-0.05, 0) is 39.8 Å². The highest BCUT2D eigenvalue weighted by Crippen LogP contribution is 2.08. The SMILES string of the molecule is CC(C)N(CCNc1ccc(C(=O)N(C)C)cn1)C(C)C. The predicted molar refractivity (Wildman–Crippen MR) is 87.7 cm³/mol. The van der Waals surface area contributed by atoms with Gasteiger partial charge >= 0.3 is 0 Å². The minimum Gasteiger partial charge on any atom is -0.369 e. The molecule has 0 spiro atoms. The number of carbonyl (C=O) groups is 1. The van der Waals surface area contributed by atoms with Crippen LogP contribution in [0.1, 0.15) is 38.1 Å². The third-order valence-electron chi connectivity index (χ3n) is 3.42. The lowest BCUT2D eigenvalue weighted by Crippen LogP contribution is -2.40. The molecule has 118 valence electrons. The van der Waals surface area contributed by atoms with Crippen LogP contribution in [0.4, 0.5) is 5.82 Å². The van der Waals surface area contributed by atoms with E-state index < -0.39 is 0 Å². The lowest BCUT2D eigenvalue weighted by Gasteiger charge is -2.30. The maximum absolute atomic E-state index is 11.8. The smallest absolute Gasteiger partial charge is 0.254 e. The second-order valence-corrected chi connectivity index (χ2v) is 5.98. The Hall–Kier alpha value is -1.62. The monoisotopic (exact) mass is 292 g/mol. The number of rotatable bonds is 7. The van der Waals surface area contributed by atoms with Gasteiger partial charge in [0, 0.05) is 45.5 Å². The molecule has 1 heterocycles. The van der Waals surface area contributed by atoms with Crippen molar-refractivity contribution in [3.63, 3.8) is 0 Å². The minimum absolute atomic E-state index is 0.0279. The van der Waals surface area contributed by atoms with E-state index in [-0.39, 0.29) is 5.91 Å². The van der Waals surface area contributed by atoms with Crippen LogP contribution in [0.3, 0.4) is 0 Å². The number of anilines is 1. The van der Waals surface area contributed by atoms with E-state index in [1.807, 2.05) is 6.07 Å². The second-order valence-electron chi connectivity index (χ2n) is 5.98. The van der Waals surface area contributed by atoms with Gasteiger partial charge in [0.15, 0.2) is 0 Å². The Morgan fingerprint density at radius 1 is 1.19 bits per heavy atom. The summed E-state index contributed by atoms with van der Waals surface area (Å²) in [6.07, 6.45) is 1.62. The summed E-state index contributed by atoms with van der Waals surface area (Å²) in [5.74, 6) is 0.776. The van der Waals surface area contributed by atoms with Crippen LogP contribution in [0.25, 0.3) is 0 Å². The summed E-state index contributed by atoms with van der Waals surface area (Å²) in [5, 5.41) is 3.30. The van der Waals surface area contributed by atoms with E-state index in [9.17, 15) is 4.79 Å². The number of nitrogens with zero attached hydrogens (tertiary/aromatic N) is 3. The van der Waals surface area contributed by atoms with E-state index in [0.717, 1.165) is 18.9 Å². The molecule has 1 aromatic heterocycles. The normalized spacial score (nSPS) is 11.3. The summed E-state index contributed by atoms with van der Waals surface area (Å²) in [6.45, 7) is 10.6. The van der Waals surface area contributed by atoms with Crippen molar-refractivity contribution in [2.75, 3.05) is 32.5 Å². The lowest BCUT2D eigenvalue weighted by molar-refractivity contribution is 0.0827. The zero-order valence-corrected chi connectivity index (χ0v) is 14.1. The Morgan fingerprint density at radius 2 is 1.81 bits per heavy atom. The number of amides is 1. The van der Waals surface area contributed by atoms with Gasteiger partial charge in [-0.1, -0.05) is 0 Å². The number of pyridine rings is 1. The number of nitrogens with one attached hydrogen (secondary N) is 1. The minimum atomic E-state index is -0.0279. The second kappa shape index (κ2) is 7.98. The lowest BCUT2D eigenvalue weighted by atomic mass is 10.2. The summed E-state index contributed by atoms with van der Waals surface area (Å²) in [4.78, 5) is 20.0. The number of carbonyl (C=O) groups excluding carboxylic acids is 1. The molecule has 1 aromatic rings. The van der Waals surface area contributed by atoms with Crippen LogP contribution in [-0.2, 0) is 0 Å². The van der Waals surface area contributed by atoms with Crippen molar-refractivity contribution in [2.24, 2.45) is 0 Å². The Balaban J connectivity index is 2.51. The van der Waals surface area contributed by atoms with Crippen LogP contribution < -0.4 is 5.32 Å². The molecule has 0 aliphatic heterocycles. The maximum atomic E-state index is 11.8. The molecule has 0 saturated carbocycles. The maximum Gasteiger partial charge on any atom is 0.254 e. The van der Waals surface area contributed by atoms with Gasteiger partial charge in [0.1, 0.15) is 5.82 Å². The molecule has 1 amide bonds.